The van der Waals surface area contributed by atoms with Crippen LogP contribution in [0.25, 0.3) is 11.1 Å². The van der Waals surface area contributed by atoms with Gasteiger partial charge in [0, 0.05) is 69.1 Å². The number of hydrogen-bond acceptors (Lipinski definition) is 9. The zero-order valence-corrected chi connectivity index (χ0v) is 27.9. The van der Waals surface area contributed by atoms with Crippen molar-refractivity contribution in [2.75, 3.05) is 44.2 Å². The minimum atomic E-state index is -0.580. The molecule has 0 spiro atoms. The number of non-ortho nitro benzene ring substituents is 1. The molecule has 2 saturated heterocycles. The Morgan fingerprint density at radius 2 is 1.64 bits per heavy atom. The molecular formula is C39H42N4O7. The van der Waals surface area contributed by atoms with E-state index in [1.165, 1.54) is 6.08 Å². The number of aliphatic hydroxyl groups excluding tert-OH is 1. The quantitative estimate of drug-likeness (QED) is 0.0977. The van der Waals surface area contributed by atoms with Gasteiger partial charge >= 0.3 is 6.09 Å². The van der Waals surface area contributed by atoms with Crippen LogP contribution in [-0.4, -0.2) is 66.5 Å². The highest BCUT2D eigenvalue weighted by molar-refractivity contribution is 5.70. The molecule has 50 heavy (non-hydrogen) atoms. The average molecular weight is 679 g/mol. The van der Waals surface area contributed by atoms with E-state index < -0.39 is 12.4 Å². The summed E-state index contributed by atoms with van der Waals surface area (Å²) in [6.07, 6.45) is 0.852. The van der Waals surface area contributed by atoms with E-state index in [2.05, 4.69) is 21.7 Å². The van der Waals surface area contributed by atoms with Crippen molar-refractivity contribution in [2.24, 2.45) is 0 Å². The highest BCUT2D eigenvalue weighted by Gasteiger charge is 2.34. The summed E-state index contributed by atoms with van der Waals surface area (Å²) in [6.45, 7) is 8.07. The Hall–Kier alpha value is -5.07. The first-order valence-electron chi connectivity index (χ1n) is 16.8. The molecule has 0 saturated carbocycles. The van der Waals surface area contributed by atoms with Gasteiger partial charge in [-0.15, -0.1) is 0 Å². The molecule has 4 aromatic rings. The van der Waals surface area contributed by atoms with E-state index in [1.54, 1.807) is 12.1 Å². The van der Waals surface area contributed by atoms with Crippen LogP contribution in [0.1, 0.15) is 41.1 Å². The molecule has 0 aliphatic carbocycles. The van der Waals surface area contributed by atoms with Gasteiger partial charge in [-0.05, 0) is 39.9 Å². The molecule has 2 aliphatic rings. The maximum Gasteiger partial charge on any atom is 0.407 e. The molecule has 2 fully saturated rings. The third-order valence-electron chi connectivity index (χ3n) is 9.14. The van der Waals surface area contributed by atoms with Gasteiger partial charge in [-0.25, -0.2) is 4.79 Å². The normalized spacial score (nSPS) is 19.5. The molecule has 11 heteroatoms. The van der Waals surface area contributed by atoms with Gasteiger partial charge in [0.05, 0.1) is 23.7 Å². The summed E-state index contributed by atoms with van der Waals surface area (Å²) in [5, 5.41) is 23.4. The summed E-state index contributed by atoms with van der Waals surface area (Å²) in [5.74, 6) is 0. The van der Waals surface area contributed by atoms with Crippen molar-refractivity contribution in [3.05, 3.63) is 142 Å². The lowest BCUT2D eigenvalue weighted by Gasteiger charge is -2.41. The van der Waals surface area contributed by atoms with Crippen LogP contribution >= 0.6 is 0 Å². The standard InChI is InChI=1S/C39H42N4O7/c1-2-23-48-39(45)40-25-32-5-3-4-6-36(32)29-11-13-31(14-12-29)38-49-35(24-37(50-38)30-9-7-28(27-44)8-10-30)26-41-19-21-42(22-20-41)33-15-17-34(18-16-33)43(46)47/h2-18,35,37-38,44H,1,19-27H2,(H,40,45)/t35-,37+,38+/m1/s1. The molecule has 6 rings (SSSR count). The second-order valence-corrected chi connectivity index (χ2v) is 12.4. The van der Waals surface area contributed by atoms with Crippen LogP contribution in [0.5, 0.6) is 0 Å². The molecule has 2 aliphatic heterocycles. The topological polar surface area (TPSA) is 127 Å². The second kappa shape index (κ2) is 16.6. The van der Waals surface area contributed by atoms with Crippen LogP contribution in [-0.2, 0) is 27.4 Å². The molecule has 260 valence electrons. The highest BCUT2D eigenvalue weighted by atomic mass is 16.7. The van der Waals surface area contributed by atoms with Gasteiger partial charge < -0.3 is 29.5 Å². The first kappa shape index (κ1) is 34.8. The SMILES string of the molecule is C=CCOC(=O)NCc1ccccc1-c1ccc([C@H]2O[C@@H](CN3CCN(c4ccc([N+](=O)[O-])cc4)CC3)C[C@@H](c3ccc(CO)cc3)O2)cc1. The largest absolute Gasteiger partial charge is 0.445 e. The van der Waals surface area contributed by atoms with Crippen molar-refractivity contribution >= 4 is 17.5 Å². The maximum atomic E-state index is 12.0. The monoisotopic (exact) mass is 678 g/mol. The number of benzene rings is 4. The number of piperazine rings is 1. The fourth-order valence-corrected chi connectivity index (χ4v) is 6.42. The number of nitro groups is 1. The van der Waals surface area contributed by atoms with Crippen molar-refractivity contribution < 1.29 is 29.0 Å². The summed E-state index contributed by atoms with van der Waals surface area (Å²) in [6, 6.07) is 30.7. The fourth-order valence-electron chi connectivity index (χ4n) is 6.42. The third-order valence-corrected chi connectivity index (χ3v) is 9.14. The van der Waals surface area contributed by atoms with Gasteiger partial charge in [-0.2, -0.15) is 0 Å². The number of aliphatic hydroxyl groups is 1. The van der Waals surface area contributed by atoms with Crippen molar-refractivity contribution in [2.45, 2.75) is 38.1 Å². The lowest BCUT2D eigenvalue weighted by atomic mass is 9.97. The van der Waals surface area contributed by atoms with E-state index >= 15 is 0 Å². The van der Waals surface area contributed by atoms with Crippen molar-refractivity contribution in [3.8, 4) is 11.1 Å². The van der Waals surface area contributed by atoms with Crippen molar-refractivity contribution in [3.63, 3.8) is 0 Å². The second-order valence-electron chi connectivity index (χ2n) is 12.4. The molecular weight excluding hydrogens is 636 g/mol. The first-order chi connectivity index (χ1) is 24.4. The van der Waals surface area contributed by atoms with Gasteiger partial charge in [0.1, 0.15) is 6.61 Å². The molecule has 0 bridgehead atoms. The molecule has 0 unspecified atom stereocenters. The zero-order chi connectivity index (χ0) is 34.9. The number of nitrogens with one attached hydrogen (secondary N) is 1. The predicted molar refractivity (Wildman–Crippen MR) is 190 cm³/mol. The zero-order valence-electron chi connectivity index (χ0n) is 27.9. The minimum Gasteiger partial charge on any atom is -0.445 e. The molecule has 2 N–H and O–H groups in total. The van der Waals surface area contributed by atoms with E-state index in [9.17, 15) is 20.0 Å². The van der Waals surface area contributed by atoms with Crippen LogP contribution in [0, 0.1) is 10.1 Å². The Bertz CT molecular complexity index is 1740. The Morgan fingerprint density at radius 3 is 2.32 bits per heavy atom. The number of ether oxygens (including phenoxy) is 3. The Morgan fingerprint density at radius 1 is 0.940 bits per heavy atom. The summed E-state index contributed by atoms with van der Waals surface area (Å²) in [4.78, 5) is 27.4. The maximum absolute atomic E-state index is 12.0. The van der Waals surface area contributed by atoms with E-state index in [-0.39, 0.29) is 36.0 Å². The number of amides is 1. The number of anilines is 1. The van der Waals surface area contributed by atoms with Gasteiger partial charge in [0.15, 0.2) is 6.29 Å². The van der Waals surface area contributed by atoms with Crippen LogP contribution in [0.15, 0.2) is 110 Å². The molecule has 0 radical (unpaired) electrons. The van der Waals surface area contributed by atoms with E-state index in [4.69, 9.17) is 14.2 Å². The molecule has 1 amide bonds. The summed E-state index contributed by atoms with van der Waals surface area (Å²) in [5.41, 5.74) is 6.82. The number of carbonyl (C=O) groups is 1. The number of nitrogens with zero attached hydrogens (tertiary/aromatic N) is 3. The number of rotatable bonds is 12. The van der Waals surface area contributed by atoms with Gasteiger partial charge in [0.25, 0.3) is 5.69 Å². The molecule has 11 nitrogen and oxygen atoms in total. The van der Waals surface area contributed by atoms with Gasteiger partial charge in [-0.1, -0.05) is 85.5 Å². The Labute approximate surface area is 291 Å². The third kappa shape index (κ3) is 8.74. The molecule has 3 atom stereocenters. The average Bonchev–Trinajstić information content (AvgIpc) is 3.16. The van der Waals surface area contributed by atoms with Crippen molar-refractivity contribution in [1.82, 2.24) is 10.2 Å². The van der Waals surface area contributed by atoms with Crippen LogP contribution in [0.4, 0.5) is 16.2 Å². The number of carbonyl (C=O) groups excluding carboxylic acids is 1. The number of nitro benzene ring substituents is 1. The van der Waals surface area contributed by atoms with Crippen molar-refractivity contribution in [1.29, 1.82) is 0 Å². The van der Waals surface area contributed by atoms with E-state index in [0.29, 0.717) is 13.0 Å². The molecule has 4 aromatic carbocycles. The summed E-state index contributed by atoms with van der Waals surface area (Å²) >= 11 is 0. The first-order valence-corrected chi connectivity index (χ1v) is 16.8. The predicted octanol–water partition coefficient (Wildman–Crippen LogP) is 6.53. The Kier molecular flexibility index (Phi) is 11.5. The lowest BCUT2D eigenvalue weighted by molar-refractivity contribution is -0.384. The number of hydrogen-bond donors (Lipinski definition) is 2. The minimum absolute atomic E-state index is 0.0169. The molecule has 2 heterocycles. The van der Waals surface area contributed by atoms with Crippen LogP contribution in [0.2, 0.25) is 0 Å². The van der Waals surface area contributed by atoms with Gasteiger partial charge in [0.2, 0.25) is 0 Å². The molecule has 0 aromatic heterocycles. The van der Waals surface area contributed by atoms with E-state index in [0.717, 1.165) is 71.8 Å². The smallest absolute Gasteiger partial charge is 0.407 e. The van der Waals surface area contributed by atoms with Gasteiger partial charge in [-0.3, -0.25) is 15.0 Å². The fraction of sp³-hybridized carbons (Fsp3) is 0.308. The van der Waals surface area contributed by atoms with Crippen LogP contribution < -0.4 is 10.2 Å². The van der Waals surface area contributed by atoms with E-state index in [1.807, 2.05) is 84.9 Å². The summed E-state index contributed by atoms with van der Waals surface area (Å²) in [7, 11) is 0. The lowest BCUT2D eigenvalue weighted by Crippen LogP contribution is -2.49. The Balaban J connectivity index is 1.14. The summed E-state index contributed by atoms with van der Waals surface area (Å²) < 4.78 is 18.3. The number of alkyl carbamates (subject to hydrolysis) is 1. The van der Waals surface area contributed by atoms with Crippen LogP contribution in [0.3, 0.4) is 0 Å². The highest BCUT2D eigenvalue weighted by Crippen LogP contribution is 2.39.